The Labute approximate surface area is 164 Å². The van der Waals surface area contributed by atoms with Gasteiger partial charge in [0.1, 0.15) is 11.2 Å². The van der Waals surface area contributed by atoms with Crippen LogP contribution in [0.25, 0.3) is 0 Å². The first-order valence-corrected chi connectivity index (χ1v) is 9.70. The van der Waals surface area contributed by atoms with E-state index in [0.29, 0.717) is 18.5 Å². The largest absolute Gasteiger partial charge is 0.468 e. The van der Waals surface area contributed by atoms with E-state index in [-0.39, 0.29) is 30.1 Å². The van der Waals surface area contributed by atoms with E-state index in [4.69, 9.17) is 4.74 Å². The molecule has 146 valence electrons. The van der Waals surface area contributed by atoms with Crippen molar-refractivity contribution in [3.63, 3.8) is 0 Å². The number of benzene rings is 2. The molecule has 2 saturated heterocycles. The van der Waals surface area contributed by atoms with Crippen molar-refractivity contribution in [2.75, 3.05) is 7.11 Å². The van der Waals surface area contributed by atoms with Crippen LogP contribution in [0.2, 0.25) is 0 Å². The predicted molar refractivity (Wildman–Crippen MR) is 103 cm³/mol. The topological polar surface area (TPSA) is 46.6 Å². The Morgan fingerprint density at radius 2 is 1.89 bits per heavy atom. The van der Waals surface area contributed by atoms with Gasteiger partial charge in [0.2, 0.25) is 0 Å². The second kappa shape index (κ2) is 7.47. The van der Waals surface area contributed by atoms with Crippen LogP contribution in [-0.4, -0.2) is 35.8 Å². The van der Waals surface area contributed by atoms with E-state index >= 15 is 0 Å². The van der Waals surface area contributed by atoms with E-state index in [9.17, 15) is 14.0 Å². The van der Waals surface area contributed by atoms with Crippen LogP contribution in [0.15, 0.2) is 54.6 Å². The lowest BCUT2D eigenvalue weighted by molar-refractivity contribution is -0.167. The first kappa shape index (κ1) is 18.8. The number of carbonyl (C=O) groups excluding carboxylic acids is 2. The number of ketones is 1. The van der Waals surface area contributed by atoms with E-state index in [2.05, 4.69) is 17.0 Å². The molecule has 3 atom stereocenters. The highest BCUT2D eigenvalue weighted by Crippen LogP contribution is 2.48. The van der Waals surface area contributed by atoms with Gasteiger partial charge < -0.3 is 4.74 Å². The maximum Gasteiger partial charge on any atom is 0.321 e. The summed E-state index contributed by atoms with van der Waals surface area (Å²) in [6.07, 6.45) is 2.13. The van der Waals surface area contributed by atoms with Crippen molar-refractivity contribution in [2.24, 2.45) is 5.41 Å². The summed E-state index contributed by atoms with van der Waals surface area (Å²) >= 11 is 0. The summed E-state index contributed by atoms with van der Waals surface area (Å²) in [4.78, 5) is 28.5. The third-order valence-electron chi connectivity index (χ3n) is 6.26. The van der Waals surface area contributed by atoms with Gasteiger partial charge in [0, 0.05) is 25.0 Å². The molecule has 0 aromatic heterocycles. The Bertz CT molecular complexity index is 884. The quantitative estimate of drug-likeness (QED) is 0.587. The molecule has 0 amide bonds. The average Bonchev–Trinajstić information content (AvgIpc) is 3.01. The van der Waals surface area contributed by atoms with E-state index in [1.165, 1.54) is 19.2 Å². The van der Waals surface area contributed by atoms with Crippen LogP contribution < -0.4 is 0 Å². The van der Waals surface area contributed by atoms with Crippen LogP contribution in [0.3, 0.4) is 0 Å². The summed E-state index contributed by atoms with van der Waals surface area (Å²) in [6, 6.07) is 16.1. The first-order chi connectivity index (χ1) is 13.5. The SMILES string of the molecule is COC(=O)[C@@]1(Cc2cccc(F)c2)C(=O)C[C@H]2CC[C@H]1N2Cc1ccccc1. The fourth-order valence-electron chi connectivity index (χ4n) is 4.99. The minimum Gasteiger partial charge on any atom is -0.468 e. The number of fused-ring (bicyclic) bond motifs is 2. The molecule has 2 bridgehead atoms. The van der Waals surface area contributed by atoms with Crippen LogP contribution in [0.4, 0.5) is 4.39 Å². The highest BCUT2D eigenvalue weighted by Gasteiger charge is 2.61. The van der Waals surface area contributed by atoms with Crippen LogP contribution in [-0.2, 0) is 27.3 Å². The van der Waals surface area contributed by atoms with Gasteiger partial charge in [0.25, 0.3) is 0 Å². The van der Waals surface area contributed by atoms with Gasteiger partial charge in [0.05, 0.1) is 7.11 Å². The maximum atomic E-state index is 13.8. The third-order valence-corrected chi connectivity index (χ3v) is 6.26. The molecular weight excluding hydrogens is 357 g/mol. The Kier molecular flexibility index (Phi) is 5.02. The van der Waals surface area contributed by atoms with Crippen LogP contribution >= 0.6 is 0 Å². The average molecular weight is 381 g/mol. The minimum atomic E-state index is -1.29. The molecule has 4 nitrogen and oxygen atoms in total. The molecule has 2 aliphatic heterocycles. The Morgan fingerprint density at radius 3 is 2.61 bits per heavy atom. The third kappa shape index (κ3) is 3.14. The lowest BCUT2D eigenvalue weighted by atomic mass is 9.68. The zero-order valence-electron chi connectivity index (χ0n) is 15.9. The number of Topliss-reactive ketones (excluding diaryl/α,β-unsaturated/α-hetero) is 1. The summed E-state index contributed by atoms with van der Waals surface area (Å²) < 4.78 is 18.9. The molecule has 2 aromatic rings. The molecular formula is C23H24FNO3. The van der Waals surface area contributed by atoms with E-state index in [1.807, 2.05) is 18.2 Å². The molecule has 2 aromatic carbocycles. The van der Waals surface area contributed by atoms with Crippen LogP contribution in [0.1, 0.15) is 30.4 Å². The molecule has 4 rings (SSSR count). The van der Waals surface area contributed by atoms with E-state index in [1.54, 1.807) is 12.1 Å². The van der Waals surface area contributed by atoms with Crippen molar-refractivity contribution in [1.82, 2.24) is 4.90 Å². The van der Waals surface area contributed by atoms with Gasteiger partial charge in [-0.25, -0.2) is 4.39 Å². The first-order valence-electron chi connectivity index (χ1n) is 9.70. The summed E-state index contributed by atoms with van der Waals surface area (Å²) in [6.45, 7) is 0.686. The predicted octanol–water partition coefficient (Wildman–Crippen LogP) is 3.53. The summed E-state index contributed by atoms with van der Waals surface area (Å²) in [5, 5.41) is 0. The zero-order valence-corrected chi connectivity index (χ0v) is 15.9. The summed E-state index contributed by atoms with van der Waals surface area (Å²) in [7, 11) is 1.32. The molecule has 2 heterocycles. The zero-order chi connectivity index (χ0) is 19.7. The second-order valence-electron chi connectivity index (χ2n) is 7.80. The molecule has 0 aliphatic carbocycles. The van der Waals surface area contributed by atoms with Gasteiger partial charge in [-0.15, -0.1) is 0 Å². The van der Waals surface area contributed by atoms with Gasteiger partial charge >= 0.3 is 5.97 Å². The molecule has 28 heavy (non-hydrogen) atoms. The number of methoxy groups -OCH3 is 1. The molecule has 0 N–H and O–H groups in total. The van der Waals surface area contributed by atoms with Gasteiger partial charge in [-0.3, -0.25) is 14.5 Å². The van der Waals surface area contributed by atoms with Crippen molar-refractivity contribution < 1.29 is 18.7 Å². The molecule has 2 fully saturated rings. The summed E-state index contributed by atoms with van der Waals surface area (Å²) in [5.41, 5.74) is 0.506. The van der Waals surface area contributed by atoms with Gasteiger partial charge in [0.15, 0.2) is 5.78 Å². The van der Waals surface area contributed by atoms with Crippen molar-refractivity contribution in [2.45, 2.75) is 44.3 Å². The summed E-state index contributed by atoms with van der Waals surface area (Å²) in [5.74, 6) is -0.961. The standard InChI is InChI=1S/C23H24FNO3/c1-28-22(27)23(14-17-8-5-9-18(24)12-17)20-11-10-19(13-21(23)26)25(20)15-16-6-3-2-4-7-16/h2-9,12,19-20H,10-11,13-15H2,1H3/t19-,20-,23-/m1/s1. The number of halogens is 1. The highest BCUT2D eigenvalue weighted by atomic mass is 19.1. The van der Waals surface area contributed by atoms with Crippen molar-refractivity contribution >= 4 is 11.8 Å². The highest BCUT2D eigenvalue weighted by molar-refractivity contribution is 6.06. The fourth-order valence-corrected chi connectivity index (χ4v) is 4.99. The fraction of sp³-hybridized carbons (Fsp3) is 0.391. The number of hydrogen-bond acceptors (Lipinski definition) is 4. The second-order valence-corrected chi connectivity index (χ2v) is 7.80. The number of esters is 1. The molecule has 0 unspecified atom stereocenters. The van der Waals surface area contributed by atoms with Crippen LogP contribution in [0.5, 0.6) is 0 Å². The van der Waals surface area contributed by atoms with Gasteiger partial charge in [-0.1, -0.05) is 42.5 Å². The number of ether oxygens (including phenoxy) is 1. The van der Waals surface area contributed by atoms with Gasteiger partial charge in [-0.2, -0.15) is 0 Å². The van der Waals surface area contributed by atoms with Crippen molar-refractivity contribution in [1.29, 1.82) is 0 Å². The van der Waals surface area contributed by atoms with E-state index < -0.39 is 11.4 Å². The number of nitrogens with zero attached hydrogens (tertiary/aromatic N) is 1. The van der Waals surface area contributed by atoms with Crippen molar-refractivity contribution in [3.05, 3.63) is 71.5 Å². The monoisotopic (exact) mass is 381 g/mol. The Hall–Kier alpha value is -2.53. The molecule has 5 heteroatoms. The lowest BCUT2D eigenvalue weighted by Gasteiger charge is -2.45. The molecule has 0 radical (unpaired) electrons. The Balaban J connectivity index is 1.73. The lowest BCUT2D eigenvalue weighted by Crippen LogP contribution is -2.61. The number of hydrogen-bond donors (Lipinski definition) is 0. The smallest absolute Gasteiger partial charge is 0.321 e. The normalized spacial score (nSPS) is 27.0. The van der Waals surface area contributed by atoms with Crippen LogP contribution in [0, 0.1) is 11.2 Å². The minimum absolute atomic E-state index is 0.0829. The maximum absolute atomic E-state index is 13.8. The van der Waals surface area contributed by atoms with Gasteiger partial charge in [-0.05, 0) is 42.5 Å². The molecule has 2 aliphatic rings. The molecule has 0 saturated carbocycles. The Morgan fingerprint density at radius 1 is 1.14 bits per heavy atom. The number of piperidine rings is 1. The van der Waals surface area contributed by atoms with E-state index in [0.717, 1.165) is 18.4 Å². The van der Waals surface area contributed by atoms with Crippen molar-refractivity contribution in [3.8, 4) is 0 Å². The molecule has 0 spiro atoms. The number of carbonyl (C=O) groups is 2. The number of rotatable bonds is 5.